The van der Waals surface area contributed by atoms with Gasteiger partial charge in [0.1, 0.15) is 6.61 Å². The van der Waals surface area contributed by atoms with E-state index in [0.29, 0.717) is 0 Å². The molecule has 1 aliphatic rings. The van der Waals surface area contributed by atoms with Crippen LogP contribution in [0.5, 0.6) is 0 Å². The summed E-state index contributed by atoms with van der Waals surface area (Å²) in [5.74, 6) is 0. The highest BCUT2D eigenvalue weighted by Gasteiger charge is 2.43. The van der Waals surface area contributed by atoms with Gasteiger partial charge in [-0.15, -0.1) is 0 Å². The fourth-order valence-electron chi connectivity index (χ4n) is 2.18. The molecule has 1 amide bonds. The molecule has 0 aromatic heterocycles. The fraction of sp³-hybridized carbons (Fsp3) is 0.400. The first kappa shape index (κ1) is 17.0. The number of aryl methyl sites for hydroxylation is 1. The minimum atomic E-state index is -3.97. The molecule has 22 heavy (non-hydrogen) atoms. The third-order valence-corrected chi connectivity index (χ3v) is 5.85. The van der Waals surface area contributed by atoms with E-state index in [4.69, 9.17) is 4.74 Å². The second-order valence-corrected chi connectivity index (χ2v) is 8.43. The van der Waals surface area contributed by atoms with Crippen LogP contribution in [-0.4, -0.2) is 36.3 Å². The van der Waals surface area contributed by atoms with Gasteiger partial charge < -0.3 is 4.74 Å². The van der Waals surface area contributed by atoms with E-state index in [9.17, 15) is 13.2 Å². The molecule has 0 unspecified atom stereocenters. The van der Waals surface area contributed by atoms with Crippen LogP contribution in [0.15, 0.2) is 40.8 Å². The Morgan fingerprint density at radius 3 is 2.45 bits per heavy atom. The lowest BCUT2D eigenvalue weighted by Gasteiger charge is -2.35. The van der Waals surface area contributed by atoms with Gasteiger partial charge >= 0.3 is 6.09 Å². The number of halogens is 1. The van der Waals surface area contributed by atoms with Crippen LogP contribution in [0.1, 0.15) is 19.4 Å². The SMILES string of the molecule is CC(C)=C[C@@H]1[C@@H](Br)COC(=O)N1S(=O)(=O)c1ccc(C)cc1. The maximum atomic E-state index is 12.8. The number of nitrogens with zero attached hydrogens (tertiary/aromatic N) is 1. The second kappa shape index (κ2) is 6.42. The largest absolute Gasteiger partial charge is 0.447 e. The van der Waals surface area contributed by atoms with E-state index in [1.165, 1.54) is 12.1 Å². The Morgan fingerprint density at radius 2 is 1.91 bits per heavy atom. The molecule has 1 aromatic rings. The topological polar surface area (TPSA) is 63.7 Å². The van der Waals surface area contributed by atoms with E-state index in [-0.39, 0.29) is 16.3 Å². The van der Waals surface area contributed by atoms with Crippen molar-refractivity contribution in [2.24, 2.45) is 0 Å². The number of carbonyl (C=O) groups excluding carboxylic acids is 1. The Kier molecular flexibility index (Phi) is 4.97. The first-order valence-corrected chi connectivity index (χ1v) is 9.16. The highest BCUT2D eigenvalue weighted by Crippen LogP contribution is 2.28. The van der Waals surface area contributed by atoms with Crippen LogP contribution in [0, 0.1) is 6.92 Å². The van der Waals surface area contributed by atoms with Crippen LogP contribution in [0.3, 0.4) is 0 Å². The molecule has 0 bridgehead atoms. The zero-order valence-electron chi connectivity index (χ0n) is 12.6. The molecule has 2 rings (SSSR count). The predicted octanol–water partition coefficient (Wildman–Crippen LogP) is 3.23. The molecule has 0 saturated carbocycles. The fourth-order valence-corrected chi connectivity index (χ4v) is 4.34. The van der Waals surface area contributed by atoms with Crippen LogP contribution in [0.25, 0.3) is 0 Å². The summed E-state index contributed by atoms with van der Waals surface area (Å²) in [6, 6.07) is 5.77. The van der Waals surface area contributed by atoms with Crippen LogP contribution in [0.4, 0.5) is 4.79 Å². The normalized spacial score (nSPS) is 22.2. The van der Waals surface area contributed by atoms with Crippen LogP contribution < -0.4 is 0 Å². The van der Waals surface area contributed by atoms with Crippen molar-refractivity contribution in [1.82, 2.24) is 4.31 Å². The zero-order valence-corrected chi connectivity index (χ0v) is 15.0. The Labute approximate surface area is 139 Å². The smallest absolute Gasteiger partial charge is 0.424 e. The second-order valence-electron chi connectivity index (χ2n) is 5.44. The number of amides is 1. The maximum Gasteiger partial charge on any atom is 0.424 e. The van der Waals surface area contributed by atoms with Crippen LogP contribution in [-0.2, 0) is 14.8 Å². The summed E-state index contributed by atoms with van der Waals surface area (Å²) in [4.78, 5) is 11.9. The van der Waals surface area contributed by atoms with Crippen molar-refractivity contribution in [3.8, 4) is 0 Å². The average molecular weight is 388 g/mol. The molecule has 1 saturated heterocycles. The van der Waals surface area contributed by atoms with Gasteiger partial charge in [0.2, 0.25) is 0 Å². The van der Waals surface area contributed by atoms with E-state index < -0.39 is 22.2 Å². The van der Waals surface area contributed by atoms with E-state index in [0.717, 1.165) is 15.4 Å². The Hall–Kier alpha value is -1.34. The summed E-state index contributed by atoms with van der Waals surface area (Å²) in [6.45, 7) is 5.71. The third-order valence-electron chi connectivity index (χ3n) is 3.27. The quantitative estimate of drug-likeness (QED) is 0.589. The summed E-state index contributed by atoms with van der Waals surface area (Å²) in [7, 11) is -3.97. The molecular formula is C15H18BrNO4S. The average Bonchev–Trinajstić information content (AvgIpc) is 2.42. The number of hydrogen-bond donors (Lipinski definition) is 0. The highest BCUT2D eigenvalue weighted by atomic mass is 79.9. The van der Waals surface area contributed by atoms with Crippen molar-refractivity contribution in [2.75, 3.05) is 6.61 Å². The first-order valence-electron chi connectivity index (χ1n) is 6.80. The minimum Gasteiger partial charge on any atom is -0.447 e. The number of rotatable bonds is 3. The summed E-state index contributed by atoms with van der Waals surface area (Å²) in [5, 5.41) is 0. The molecule has 2 atom stereocenters. The zero-order chi connectivity index (χ0) is 16.5. The number of hydrogen-bond acceptors (Lipinski definition) is 4. The van der Waals surface area contributed by atoms with Crippen LogP contribution in [0.2, 0.25) is 0 Å². The van der Waals surface area contributed by atoms with Crippen molar-refractivity contribution in [1.29, 1.82) is 0 Å². The first-order chi connectivity index (χ1) is 10.2. The molecule has 1 aromatic carbocycles. The standard InChI is InChI=1S/C15H18BrNO4S/c1-10(2)8-14-13(16)9-21-15(18)17(14)22(19,20)12-6-4-11(3)5-7-12/h4-8,13-14H,9H2,1-3H3/t13-,14+/m0/s1. The summed E-state index contributed by atoms with van der Waals surface area (Å²) in [5.41, 5.74) is 1.87. The number of ether oxygens (including phenoxy) is 1. The van der Waals surface area contributed by atoms with Gasteiger partial charge in [-0.1, -0.05) is 45.3 Å². The van der Waals surface area contributed by atoms with Crippen molar-refractivity contribution >= 4 is 32.0 Å². The lowest BCUT2D eigenvalue weighted by Crippen LogP contribution is -2.53. The van der Waals surface area contributed by atoms with Crippen molar-refractivity contribution in [3.63, 3.8) is 0 Å². The van der Waals surface area contributed by atoms with E-state index >= 15 is 0 Å². The third kappa shape index (κ3) is 3.35. The van der Waals surface area contributed by atoms with Gasteiger partial charge in [-0.05, 0) is 32.9 Å². The number of sulfonamides is 1. The van der Waals surface area contributed by atoms with Gasteiger partial charge in [-0.25, -0.2) is 13.2 Å². The van der Waals surface area contributed by atoms with E-state index in [1.807, 2.05) is 20.8 Å². The molecule has 0 N–H and O–H groups in total. The molecule has 1 aliphatic heterocycles. The molecule has 1 fully saturated rings. The summed E-state index contributed by atoms with van der Waals surface area (Å²) in [6.07, 6.45) is 0.907. The molecular weight excluding hydrogens is 370 g/mol. The Morgan fingerprint density at radius 1 is 1.32 bits per heavy atom. The van der Waals surface area contributed by atoms with Crippen molar-refractivity contribution in [2.45, 2.75) is 36.5 Å². The van der Waals surface area contributed by atoms with Gasteiger partial charge in [0.15, 0.2) is 0 Å². The van der Waals surface area contributed by atoms with Crippen molar-refractivity contribution in [3.05, 3.63) is 41.5 Å². The number of cyclic esters (lactones) is 1. The lowest BCUT2D eigenvalue weighted by molar-refractivity contribution is 0.0929. The number of benzene rings is 1. The minimum absolute atomic E-state index is 0.0730. The number of alkyl halides is 1. The molecule has 120 valence electrons. The van der Waals surface area contributed by atoms with Gasteiger partial charge in [0, 0.05) is 0 Å². The number of carbonyl (C=O) groups is 1. The molecule has 0 spiro atoms. The lowest BCUT2D eigenvalue weighted by atomic mass is 10.1. The summed E-state index contributed by atoms with van der Waals surface area (Å²) >= 11 is 3.40. The van der Waals surface area contributed by atoms with Gasteiger partial charge in [-0.3, -0.25) is 0 Å². The predicted molar refractivity (Wildman–Crippen MR) is 87.5 cm³/mol. The van der Waals surface area contributed by atoms with E-state index in [2.05, 4.69) is 15.9 Å². The van der Waals surface area contributed by atoms with Gasteiger partial charge in [-0.2, -0.15) is 4.31 Å². The summed E-state index contributed by atoms with van der Waals surface area (Å²) < 4.78 is 31.4. The van der Waals surface area contributed by atoms with Gasteiger partial charge in [0.05, 0.1) is 15.8 Å². The Bertz CT molecular complexity index is 693. The van der Waals surface area contributed by atoms with Gasteiger partial charge in [0.25, 0.3) is 10.0 Å². The molecule has 5 nitrogen and oxygen atoms in total. The van der Waals surface area contributed by atoms with Crippen LogP contribution >= 0.6 is 15.9 Å². The number of allylic oxidation sites excluding steroid dienone is 1. The molecule has 1 heterocycles. The molecule has 7 heteroatoms. The molecule has 0 aliphatic carbocycles. The van der Waals surface area contributed by atoms with Crippen molar-refractivity contribution < 1.29 is 17.9 Å². The monoisotopic (exact) mass is 387 g/mol. The van der Waals surface area contributed by atoms with E-state index in [1.54, 1.807) is 18.2 Å². The maximum absolute atomic E-state index is 12.8. The Balaban J connectivity index is 2.51. The molecule has 0 radical (unpaired) electrons. The highest BCUT2D eigenvalue weighted by molar-refractivity contribution is 9.09.